The fraction of sp³-hybridized carbons (Fsp3) is 0.474. The lowest BCUT2D eigenvalue weighted by Crippen LogP contribution is -2.28. The Bertz CT molecular complexity index is 700. The number of aromatic amines is 1. The second-order valence-electron chi connectivity index (χ2n) is 6.87. The van der Waals surface area contributed by atoms with Crippen molar-refractivity contribution in [2.45, 2.75) is 39.5 Å². The second-order valence-corrected chi connectivity index (χ2v) is 6.87. The first kappa shape index (κ1) is 16.6. The molecule has 0 atom stereocenters. The van der Waals surface area contributed by atoms with Crippen molar-refractivity contribution in [1.29, 1.82) is 0 Å². The van der Waals surface area contributed by atoms with E-state index in [9.17, 15) is 4.79 Å². The SMILES string of the molecule is COc1ccc(-c2n[nH]c(CC(C)C)c2NC(=O)C2CCC2)cc1. The van der Waals surface area contributed by atoms with Gasteiger partial charge in [-0.25, -0.2) is 0 Å². The van der Waals surface area contributed by atoms with Gasteiger partial charge in [-0.1, -0.05) is 20.3 Å². The molecule has 0 aliphatic heterocycles. The molecule has 2 N–H and O–H groups in total. The van der Waals surface area contributed by atoms with Gasteiger partial charge in [0.15, 0.2) is 0 Å². The number of ether oxygens (including phenoxy) is 1. The number of nitrogens with zero attached hydrogens (tertiary/aromatic N) is 1. The van der Waals surface area contributed by atoms with Crippen LogP contribution >= 0.6 is 0 Å². The van der Waals surface area contributed by atoms with Crippen molar-refractivity contribution >= 4 is 11.6 Å². The number of H-pyrrole nitrogens is 1. The van der Waals surface area contributed by atoms with Gasteiger partial charge in [-0.3, -0.25) is 9.89 Å². The van der Waals surface area contributed by atoms with E-state index in [-0.39, 0.29) is 11.8 Å². The summed E-state index contributed by atoms with van der Waals surface area (Å²) in [4.78, 5) is 12.4. The number of amides is 1. The van der Waals surface area contributed by atoms with Crippen molar-refractivity contribution in [1.82, 2.24) is 10.2 Å². The fourth-order valence-corrected chi connectivity index (χ4v) is 2.92. The summed E-state index contributed by atoms with van der Waals surface area (Å²) in [6.07, 6.45) is 3.97. The molecule has 128 valence electrons. The van der Waals surface area contributed by atoms with Crippen LogP contribution in [0.3, 0.4) is 0 Å². The zero-order valence-electron chi connectivity index (χ0n) is 14.6. The number of methoxy groups -OCH3 is 1. The average Bonchev–Trinajstić information content (AvgIpc) is 2.87. The Labute approximate surface area is 142 Å². The largest absolute Gasteiger partial charge is 0.497 e. The van der Waals surface area contributed by atoms with Crippen LogP contribution in [0.15, 0.2) is 24.3 Å². The molecule has 1 heterocycles. The number of aromatic nitrogens is 2. The lowest BCUT2D eigenvalue weighted by molar-refractivity contribution is -0.122. The quantitative estimate of drug-likeness (QED) is 0.842. The summed E-state index contributed by atoms with van der Waals surface area (Å²) >= 11 is 0. The van der Waals surface area contributed by atoms with Crippen molar-refractivity contribution in [2.24, 2.45) is 11.8 Å². The highest BCUT2D eigenvalue weighted by Crippen LogP contribution is 2.33. The topological polar surface area (TPSA) is 67.0 Å². The fourth-order valence-electron chi connectivity index (χ4n) is 2.92. The maximum atomic E-state index is 12.4. The molecule has 1 saturated carbocycles. The maximum Gasteiger partial charge on any atom is 0.227 e. The normalized spacial score (nSPS) is 14.5. The molecule has 0 radical (unpaired) electrons. The van der Waals surface area contributed by atoms with E-state index in [0.29, 0.717) is 5.92 Å². The molecular weight excluding hydrogens is 302 g/mol. The minimum absolute atomic E-state index is 0.113. The van der Waals surface area contributed by atoms with Gasteiger partial charge < -0.3 is 10.1 Å². The molecular formula is C19H25N3O2. The van der Waals surface area contributed by atoms with Gasteiger partial charge in [0.1, 0.15) is 11.4 Å². The first-order chi connectivity index (χ1) is 11.6. The Balaban J connectivity index is 1.91. The number of hydrogen-bond donors (Lipinski definition) is 2. The summed E-state index contributed by atoms with van der Waals surface area (Å²) in [5.41, 5.74) is 3.57. The van der Waals surface area contributed by atoms with Crippen LogP contribution in [-0.4, -0.2) is 23.2 Å². The minimum Gasteiger partial charge on any atom is -0.497 e. The summed E-state index contributed by atoms with van der Waals surface area (Å²) in [5.74, 6) is 1.54. The molecule has 0 bridgehead atoms. The Morgan fingerprint density at radius 3 is 2.58 bits per heavy atom. The highest BCUT2D eigenvalue weighted by atomic mass is 16.5. The molecule has 1 aromatic heterocycles. The molecule has 5 nitrogen and oxygen atoms in total. The molecule has 2 aromatic rings. The highest BCUT2D eigenvalue weighted by Gasteiger charge is 2.27. The summed E-state index contributed by atoms with van der Waals surface area (Å²) in [7, 11) is 1.65. The number of nitrogens with one attached hydrogen (secondary N) is 2. The summed E-state index contributed by atoms with van der Waals surface area (Å²) in [6, 6.07) is 7.74. The molecule has 5 heteroatoms. The van der Waals surface area contributed by atoms with Crippen LogP contribution in [0.25, 0.3) is 11.3 Å². The van der Waals surface area contributed by atoms with E-state index >= 15 is 0 Å². The summed E-state index contributed by atoms with van der Waals surface area (Å²) in [6.45, 7) is 4.32. The van der Waals surface area contributed by atoms with Crippen molar-refractivity contribution in [3.63, 3.8) is 0 Å². The predicted octanol–water partition coefficient (Wildman–Crippen LogP) is 4.02. The van der Waals surface area contributed by atoms with Gasteiger partial charge in [0.05, 0.1) is 18.5 Å². The molecule has 3 rings (SSSR count). The Hall–Kier alpha value is -2.30. The number of rotatable bonds is 6. The van der Waals surface area contributed by atoms with Crippen LogP contribution < -0.4 is 10.1 Å². The Morgan fingerprint density at radius 2 is 2.04 bits per heavy atom. The van der Waals surface area contributed by atoms with Gasteiger partial charge in [-0.15, -0.1) is 0 Å². The van der Waals surface area contributed by atoms with Gasteiger partial charge in [0.2, 0.25) is 5.91 Å². The van der Waals surface area contributed by atoms with Gasteiger partial charge >= 0.3 is 0 Å². The van der Waals surface area contributed by atoms with Crippen LogP contribution in [0.4, 0.5) is 5.69 Å². The third kappa shape index (κ3) is 3.45. The molecule has 24 heavy (non-hydrogen) atoms. The van der Waals surface area contributed by atoms with Crippen molar-refractivity contribution in [3.8, 4) is 17.0 Å². The van der Waals surface area contributed by atoms with Crippen LogP contribution in [0, 0.1) is 11.8 Å². The van der Waals surface area contributed by atoms with Crippen molar-refractivity contribution < 1.29 is 9.53 Å². The standard InChI is InChI=1S/C19H25N3O2/c1-12(2)11-16-18(20-19(23)14-5-4-6-14)17(22-21-16)13-7-9-15(24-3)10-8-13/h7-10,12,14H,4-6,11H2,1-3H3,(H,20,23)(H,21,22). The van der Waals surface area contributed by atoms with E-state index in [2.05, 4.69) is 29.4 Å². The van der Waals surface area contributed by atoms with Gasteiger partial charge in [0.25, 0.3) is 0 Å². The monoisotopic (exact) mass is 327 g/mol. The van der Waals surface area contributed by atoms with Crippen molar-refractivity contribution in [3.05, 3.63) is 30.0 Å². The number of carbonyl (C=O) groups is 1. The van der Waals surface area contributed by atoms with Crippen molar-refractivity contribution in [2.75, 3.05) is 12.4 Å². The molecule has 1 aromatic carbocycles. The lowest BCUT2D eigenvalue weighted by atomic mass is 9.84. The number of benzene rings is 1. The predicted molar refractivity (Wildman–Crippen MR) is 95.1 cm³/mol. The third-order valence-corrected chi connectivity index (χ3v) is 4.54. The molecule has 1 fully saturated rings. The van der Waals surface area contributed by atoms with Gasteiger partial charge in [-0.05, 0) is 49.4 Å². The number of carbonyl (C=O) groups excluding carboxylic acids is 1. The minimum atomic E-state index is 0.113. The second kappa shape index (κ2) is 7.07. The molecule has 1 aliphatic rings. The first-order valence-corrected chi connectivity index (χ1v) is 8.61. The van der Waals surface area contributed by atoms with Crippen LogP contribution in [0.2, 0.25) is 0 Å². The molecule has 1 amide bonds. The average molecular weight is 327 g/mol. The van der Waals surface area contributed by atoms with Crippen LogP contribution in [0.5, 0.6) is 5.75 Å². The zero-order chi connectivity index (χ0) is 17.1. The van der Waals surface area contributed by atoms with E-state index in [1.165, 1.54) is 0 Å². The smallest absolute Gasteiger partial charge is 0.227 e. The molecule has 0 saturated heterocycles. The van der Waals surface area contributed by atoms with Gasteiger partial charge in [-0.2, -0.15) is 5.10 Å². The van der Waals surface area contributed by atoms with E-state index in [1.54, 1.807) is 7.11 Å². The van der Waals surface area contributed by atoms with Crippen LogP contribution in [0.1, 0.15) is 38.8 Å². The Kier molecular flexibility index (Phi) is 4.88. The summed E-state index contributed by atoms with van der Waals surface area (Å²) in [5, 5.41) is 10.7. The number of hydrogen-bond acceptors (Lipinski definition) is 3. The molecule has 0 unspecified atom stereocenters. The van der Waals surface area contributed by atoms with E-state index in [0.717, 1.165) is 54.1 Å². The van der Waals surface area contributed by atoms with E-state index in [4.69, 9.17) is 4.74 Å². The first-order valence-electron chi connectivity index (χ1n) is 8.61. The number of anilines is 1. The highest BCUT2D eigenvalue weighted by molar-refractivity contribution is 5.97. The van der Waals surface area contributed by atoms with Gasteiger partial charge in [0, 0.05) is 11.5 Å². The van der Waals surface area contributed by atoms with E-state index in [1.807, 2.05) is 24.3 Å². The molecule has 1 aliphatic carbocycles. The Morgan fingerprint density at radius 1 is 1.33 bits per heavy atom. The summed E-state index contributed by atoms with van der Waals surface area (Å²) < 4.78 is 5.21. The zero-order valence-corrected chi connectivity index (χ0v) is 14.6. The van der Waals surface area contributed by atoms with E-state index < -0.39 is 0 Å². The maximum absolute atomic E-state index is 12.4. The molecule has 0 spiro atoms. The third-order valence-electron chi connectivity index (χ3n) is 4.54. The lowest BCUT2D eigenvalue weighted by Gasteiger charge is -2.24. The van der Waals surface area contributed by atoms with Crippen LogP contribution in [-0.2, 0) is 11.2 Å².